The Kier molecular flexibility index (Phi) is 2.10. The first-order valence-corrected chi connectivity index (χ1v) is 6.09. The molecule has 0 amide bonds. The Morgan fingerprint density at radius 2 is 1.93 bits per heavy atom. The van der Waals surface area contributed by atoms with E-state index in [4.69, 9.17) is 4.74 Å². The molecule has 2 heteroatoms. The van der Waals surface area contributed by atoms with Crippen LogP contribution in [-0.2, 0) is 4.74 Å². The number of hydrogen-bond acceptors (Lipinski definition) is 2. The lowest BCUT2D eigenvalue weighted by Gasteiger charge is -2.56. The van der Waals surface area contributed by atoms with Crippen molar-refractivity contribution in [3.05, 3.63) is 0 Å². The molecule has 1 N–H and O–H groups in total. The normalized spacial score (nSPS) is 55.3. The van der Waals surface area contributed by atoms with E-state index in [2.05, 4.69) is 6.92 Å². The van der Waals surface area contributed by atoms with Crippen LogP contribution in [0.15, 0.2) is 0 Å². The van der Waals surface area contributed by atoms with E-state index in [0.29, 0.717) is 17.9 Å². The molecule has 0 spiro atoms. The molecule has 0 aromatic heterocycles. The third kappa shape index (κ3) is 1.17. The van der Waals surface area contributed by atoms with Gasteiger partial charge in [-0.15, -0.1) is 0 Å². The quantitative estimate of drug-likeness (QED) is 0.730. The molecule has 0 aromatic rings. The number of hydrogen-bond donors (Lipinski definition) is 1. The van der Waals surface area contributed by atoms with Gasteiger partial charge in [0.05, 0.1) is 12.2 Å². The highest BCUT2D eigenvalue weighted by Gasteiger charge is 2.53. The summed E-state index contributed by atoms with van der Waals surface area (Å²) in [4.78, 5) is 0. The summed E-state index contributed by atoms with van der Waals surface area (Å²) >= 11 is 0. The molecule has 2 nitrogen and oxygen atoms in total. The number of ether oxygens (including phenoxy) is 1. The first-order valence-electron chi connectivity index (χ1n) is 6.09. The standard InChI is InChI=1S/C12H20O2/c1-2-14-12-9-4-7-3-8(6-9)11(13)10(12)5-7/h7-13H,2-6H2,1H3. The van der Waals surface area contributed by atoms with Crippen LogP contribution in [0.2, 0.25) is 0 Å². The van der Waals surface area contributed by atoms with Gasteiger partial charge in [0.25, 0.3) is 0 Å². The molecule has 4 bridgehead atoms. The van der Waals surface area contributed by atoms with Gasteiger partial charge in [-0.05, 0) is 50.4 Å². The van der Waals surface area contributed by atoms with Crippen molar-refractivity contribution in [3.8, 4) is 0 Å². The molecule has 4 aliphatic carbocycles. The van der Waals surface area contributed by atoms with Crippen LogP contribution in [0.25, 0.3) is 0 Å². The zero-order valence-corrected chi connectivity index (χ0v) is 8.86. The second-order valence-corrected chi connectivity index (χ2v) is 5.40. The Balaban J connectivity index is 1.82. The number of aliphatic hydroxyl groups is 1. The average Bonchev–Trinajstić information content (AvgIpc) is 2.18. The maximum Gasteiger partial charge on any atom is 0.0656 e. The van der Waals surface area contributed by atoms with Crippen LogP contribution in [0.3, 0.4) is 0 Å². The van der Waals surface area contributed by atoms with Crippen LogP contribution in [0.5, 0.6) is 0 Å². The van der Waals surface area contributed by atoms with E-state index >= 15 is 0 Å². The molecule has 0 aliphatic heterocycles. The minimum atomic E-state index is -0.0562. The summed E-state index contributed by atoms with van der Waals surface area (Å²) in [6, 6.07) is 0. The summed E-state index contributed by atoms with van der Waals surface area (Å²) in [6.45, 7) is 2.87. The molecular formula is C12H20O2. The van der Waals surface area contributed by atoms with E-state index in [1.165, 1.54) is 25.7 Å². The van der Waals surface area contributed by atoms with Crippen molar-refractivity contribution in [1.29, 1.82) is 0 Å². The van der Waals surface area contributed by atoms with Gasteiger partial charge < -0.3 is 9.84 Å². The van der Waals surface area contributed by atoms with Crippen LogP contribution < -0.4 is 0 Å². The third-order valence-electron chi connectivity index (χ3n) is 4.65. The molecule has 0 radical (unpaired) electrons. The van der Waals surface area contributed by atoms with Crippen LogP contribution >= 0.6 is 0 Å². The molecule has 0 aromatic carbocycles. The Labute approximate surface area is 85.6 Å². The first-order chi connectivity index (χ1) is 6.79. The van der Waals surface area contributed by atoms with Gasteiger partial charge in [0.15, 0.2) is 0 Å². The Morgan fingerprint density at radius 1 is 1.14 bits per heavy atom. The van der Waals surface area contributed by atoms with Gasteiger partial charge in [-0.3, -0.25) is 0 Å². The minimum Gasteiger partial charge on any atom is -0.392 e. The predicted octanol–water partition coefficient (Wildman–Crippen LogP) is 1.82. The predicted molar refractivity (Wildman–Crippen MR) is 53.8 cm³/mol. The minimum absolute atomic E-state index is 0.0562. The highest BCUT2D eigenvalue weighted by Crippen LogP contribution is 2.54. The molecule has 14 heavy (non-hydrogen) atoms. The van der Waals surface area contributed by atoms with Crippen molar-refractivity contribution in [2.24, 2.45) is 23.7 Å². The zero-order valence-electron chi connectivity index (χ0n) is 8.86. The highest BCUT2D eigenvalue weighted by molar-refractivity contribution is 5.03. The fourth-order valence-electron chi connectivity index (χ4n) is 4.28. The lowest BCUT2D eigenvalue weighted by Crippen LogP contribution is -2.56. The van der Waals surface area contributed by atoms with Gasteiger partial charge in [0, 0.05) is 12.5 Å². The number of rotatable bonds is 2. The lowest BCUT2D eigenvalue weighted by atomic mass is 9.53. The lowest BCUT2D eigenvalue weighted by molar-refractivity contribution is -0.179. The van der Waals surface area contributed by atoms with Crippen molar-refractivity contribution in [3.63, 3.8) is 0 Å². The summed E-state index contributed by atoms with van der Waals surface area (Å²) in [5, 5.41) is 10.1. The summed E-state index contributed by atoms with van der Waals surface area (Å²) < 4.78 is 5.83. The van der Waals surface area contributed by atoms with Crippen LogP contribution in [0.4, 0.5) is 0 Å². The molecule has 4 fully saturated rings. The third-order valence-corrected chi connectivity index (χ3v) is 4.65. The molecular weight excluding hydrogens is 176 g/mol. The first kappa shape index (κ1) is 9.17. The van der Waals surface area contributed by atoms with Crippen molar-refractivity contribution >= 4 is 0 Å². The van der Waals surface area contributed by atoms with Crippen molar-refractivity contribution in [2.45, 2.75) is 44.8 Å². The summed E-state index contributed by atoms with van der Waals surface area (Å²) in [5.41, 5.74) is 0. The van der Waals surface area contributed by atoms with Crippen LogP contribution in [0, 0.1) is 23.7 Å². The Hall–Kier alpha value is -0.0800. The largest absolute Gasteiger partial charge is 0.392 e. The molecule has 4 rings (SSSR count). The molecule has 4 saturated carbocycles. The van der Waals surface area contributed by atoms with E-state index < -0.39 is 0 Å². The van der Waals surface area contributed by atoms with Crippen molar-refractivity contribution in [2.75, 3.05) is 6.61 Å². The second-order valence-electron chi connectivity index (χ2n) is 5.40. The molecule has 6 unspecified atom stereocenters. The second kappa shape index (κ2) is 3.21. The van der Waals surface area contributed by atoms with E-state index in [0.717, 1.165) is 18.4 Å². The smallest absolute Gasteiger partial charge is 0.0656 e. The van der Waals surface area contributed by atoms with Crippen molar-refractivity contribution < 1.29 is 9.84 Å². The SMILES string of the molecule is CCOC1C2CC3CC(C2)C(O)C1C3. The van der Waals surface area contributed by atoms with E-state index in [1.807, 2.05) is 0 Å². The summed E-state index contributed by atoms with van der Waals surface area (Å²) in [6.07, 6.45) is 5.41. The maximum absolute atomic E-state index is 10.1. The molecule has 0 heterocycles. The van der Waals surface area contributed by atoms with E-state index in [-0.39, 0.29) is 6.10 Å². The summed E-state index contributed by atoms with van der Waals surface area (Å²) in [5.74, 6) is 2.74. The van der Waals surface area contributed by atoms with Gasteiger partial charge >= 0.3 is 0 Å². The van der Waals surface area contributed by atoms with Gasteiger partial charge in [-0.2, -0.15) is 0 Å². The molecule has 4 aliphatic rings. The number of aliphatic hydroxyl groups excluding tert-OH is 1. The van der Waals surface area contributed by atoms with Gasteiger partial charge in [-0.25, -0.2) is 0 Å². The van der Waals surface area contributed by atoms with Gasteiger partial charge in [-0.1, -0.05) is 0 Å². The highest BCUT2D eigenvalue weighted by atomic mass is 16.5. The van der Waals surface area contributed by atoms with E-state index in [1.54, 1.807) is 0 Å². The van der Waals surface area contributed by atoms with Crippen LogP contribution in [-0.4, -0.2) is 23.9 Å². The molecule has 80 valence electrons. The zero-order chi connectivity index (χ0) is 9.71. The summed E-state index contributed by atoms with van der Waals surface area (Å²) in [7, 11) is 0. The Bertz CT molecular complexity index is 228. The molecule has 6 atom stereocenters. The Morgan fingerprint density at radius 3 is 2.71 bits per heavy atom. The maximum atomic E-state index is 10.1. The topological polar surface area (TPSA) is 29.5 Å². The van der Waals surface area contributed by atoms with Gasteiger partial charge in [0.1, 0.15) is 0 Å². The van der Waals surface area contributed by atoms with Gasteiger partial charge in [0.2, 0.25) is 0 Å². The van der Waals surface area contributed by atoms with Crippen LogP contribution in [0.1, 0.15) is 32.6 Å². The van der Waals surface area contributed by atoms with E-state index in [9.17, 15) is 5.11 Å². The molecule has 0 saturated heterocycles. The fourth-order valence-corrected chi connectivity index (χ4v) is 4.28. The fraction of sp³-hybridized carbons (Fsp3) is 1.00. The van der Waals surface area contributed by atoms with Crippen molar-refractivity contribution in [1.82, 2.24) is 0 Å². The average molecular weight is 196 g/mol. The monoisotopic (exact) mass is 196 g/mol.